The van der Waals surface area contributed by atoms with Crippen molar-refractivity contribution in [3.05, 3.63) is 82.9 Å². The first-order chi connectivity index (χ1) is 66.3. The summed E-state index contributed by atoms with van der Waals surface area (Å²) in [7, 11) is 0. The molecular weight excluding hydrogens is 1870 g/mol. The second-order valence-electron chi connectivity index (χ2n) is 40.7. The average molecular weight is 1990 g/mol. The molecule has 12 fully saturated rings. The molecule has 13 N–H and O–H groups in total. The Hall–Kier alpha value is -11.4. The van der Waals surface area contributed by atoms with Crippen molar-refractivity contribution in [2.45, 2.75) is 320 Å². The molecule has 0 atom stereocenters. The molecule has 8 heterocycles. The second-order valence-corrected chi connectivity index (χ2v) is 40.7. The third-order valence-electron chi connectivity index (χ3n) is 29.9. The summed E-state index contributed by atoms with van der Waals surface area (Å²) < 4.78 is 185. The molecule has 0 spiro atoms. The lowest BCUT2D eigenvalue weighted by Gasteiger charge is -2.55. The fourth-order valence-electron chi connectivity index (χ4n) is 20.7. The van der Waals surface area contributed by atoms with E-state index in [1.165, 1.54) is 29.5 Å². The maximum atomic E-state index is 14.0. The fourth-order valence-corrected chi connectivity index (χ4v) is 20.7. The molecule has 0 unspecified atom stereocenters. The van der Waals surface area contributed by atoms with E-state index in [9.17, 15) is 117 Å². The number of aliphatic hydroxyl groups is 1. The van der Waals surface area contributed by atoms with Gasteiger partial charge in [-0.05, 0) is 187 Å². The summed E-state index contributed by atoms with van der Waals surface area (Å²) in [5.41, 5.74) is 10.8. The molecule has 1 aromatic carbocycles. The smallest absolute Gasteiger partial charge is 0.378 e. The zero-order valence-electron chi connectivity index (χ0n) is 78.6. The number of rotatable bonds is 31. The van der Waals surface area contributed by atoms with Crippen LogP contribution in [0.2, 0.25) is 0 Å². The number of anilines is 4. The van der Waals surface area contributed by atoms with Crippen LogP contribution in [-0.2, 0) is 62.2 Å². The van der Waals surface area contributed by atoms with Gasteiger partial charge in [0.1, 0.15) is 22.3 Å². The Labute approximate surface area is 804 Å². The summed E-state index contributed by atoms with van der Waals surface area (Å²) in [5, 5.41) is 76.2. The molecule has 141 heavy (non-hydrogen) atoms. The van der Waals surface area contributed by atoms with Gasteiger partial charge in [0, 0.05) is 125 Å². The molecule has 0 bridgehead atoms. The Morgan fingerprint density at radius 1 is 0.376 bits per heavy atom. The first kappa shape index (κ1) is 105. The largest absolute Gasteiger partial charge is 0.419 e. The summed E-state index contributed by atoms with van der Waals surface area (Å²) in [6.45, 7) is 4.00. The van der Waals surface area contributed by atoms with E-state index in [2.05, 4.69) is 65.9 Å². The highest BCUT2D eigenvalue weighted by Gasteiger charge is 2.68. The number of hydrogen-bond donors (Lipinski definition) is 9. The van der Waals surface area contributed by atoms with Crippen molar-refractivity contribution in [1.29, 1.82) is 21.0 Å². The predicted octanol–water partition coefficient (Wildman–Crippen LogP) is 11.1. The van der Waals surface area contributed by atoms with E-state index in [0.29, 0.717) is 108 Å². The molecule has 4 aliphatic heterocycles. The van der Waals surface area contributed by atoms with Crippen LogP contribution in [-0.4, -0.2) is 247 Å². The van der Waals surface area contributed by atoms with Gasteiger partial charge in [0.15, 0.2) is 45.7 Å². The number of benzene rings is 1. The van der Waals surface area contributed by atoms with Gasteiger partial charge in [0.25, 0.3) is 23.6 Å². The van der Waals surface area contributed by atoms with Crippen LogP contribution in [0.15, 0.2) is 55.1 Å². The van der Waals surface area contributed by atoms with Crippen molar-refractivity contribution in [3.63, 3.8) is 0 Å². The van der Waals surface area contributed by atoms with Crippen LogP contribution in [0.1, 0.15) is 254 Å². The van der Waals surface area contributed by atoms with E-state index in [1.54, 1.807) is 91.7 Å². The monoisotopic (exact) mass is 1990 g/mol. The van der Waals surface area contributed by atoms with Gasteiger partial charge in [0.05, 0.1) is 90.9 Å². The van der Waals surface area contributed by atoms with E-state index in [0.717, 1.165) is 51.4 Å². The molecule has 4 saturated heterocycles. The Bertz CT molecular complexity index is 5410. The van der Waals surface area contributed by atoms with Crippen molar-refractivity contribution in [1.82, 2.24) is 58.7 Å². The molecule has 17 rings (SSSR count). The number of nitriles is 4. The minimum atomic E-state index is -4.66. The summed E-state index contributed by atoms with van der Waals surface area (Å²) >= 11 is 0. The minimum Gasteiger partial charge on any atom is -0.378 e. The highest BCUT2D eigenvalue weighted by atomic mass is 19.4. The summed E-state index contributed by atoms with van der Waals surface area (Å²) in [4.78, 5) is 104. The Morgan fingerprint density at radius 2 is 0.603 bits per heavy atom. The molecule has 48 heteroatoms. The van der Waals surface area contributed by atoms with E-state index in [1.807, 2.05) is 0 Å². The van der Waals surface area contributed by atoms with Gasteiger partial charge in [-0.15, -0.1) is 0 Å². The van der Waals surface area contributed by atoms with Gasteiger partial charge in [-0.25, -0.2) is 0 Å². The SMILES string of the molecule is CC(C)OC1(C(F)(F)F)CN(C2CCC(CC#N)(n3cc(C(N)=O)c(NC(=O)C4CC4)n3)CC2)C1.CC(C)OC1(C(F)(F)F)CN(C2CCC(CC#N)(n3cc(C(N)=O)c(NC(=O)C4CC4)n3)CC2)C1.N#CCC1(n2cc(C(N)=O)c(NC(=O)C3CC3)n2)CCC(N2CC(O)(C(F)(F)F)C2)CC1.N#CCC1(n2cc(C(N)=O)c(NC(=O)C3CC3)n2)CCC(N2CC(OCc3ccccc3)(C(F)(F)F)C2)CC1. The predicted molar refractivity (Wildman–Crippen MR) is 478 cm³/mol. The molecule has 36 nitrogen and oxygen atoms in total. The maximum absolute atomic E-state index is 14.0. The number of nitrogens with zero attached hydrogens (tertiary/aromatic N) is 16. The van der Waals surface area contributed by atoms with Gasteiger partial charge < -0.3 is 63.5 Å². The number of nitrogens with one attached hydrogen (secondary N) is 4. The number of likely N-dealkylation sites (tertiary alicyclic amines) is 4. The van der Waals surface area contributed by atoms with E-state index in [4.69, 9.17) is 37.1 Å². The topological polar surface area (TPSA) is 516 Å². The summed E-state index contributed by atoms with van der Waals surface area (Å²) in [6.07, 6.45) is 1.50. The number of β-amino-alcohol motifs (C(OH)–C–C–N with tert-alkyl or cyclic N) is 1. The van der Waals surface area contributed by atoms with Crippen molar-refractivity contribution >= 4 is 70.5 Å². The number of hydrogen-bond acceptors (Lipinski definition) is 24. The number of halogens is 12. The van der Waals surface area contributed by atoms with E-state index < -0.39 is 118 Å². The van der Waals surface area contributed by atoms with E-state index >= 15 is 0 Å². The molecule has 8 saturated carbocycles. The molecule has 8 aliphatic carbocycles. The highest BCUT2D eigenvalue weighted by Crippen LogP contribution is 2.53. The molecule has 5 aromatic rings. The molecular formula is C93H118F12N24O12. The number of amides is 8. The first-order valence-corrected chi connectivity index (χ1v) is 47.6. The minimum absolute atomic E-state index is 0.0522. The molecule has 766 valence electrons. The first-order valence-electron chi connectivity index (χ1n) is 47.6. The van der Waals surface area contributed by atoms with Crippen LogP contribution in [0.5, 0.6) is 0 Å². The number of ether oxygens (including phenoxy) is 3. The molecule has 0 radical (unpaired) electrons. The second kappa shape index (κ2) is 40.8. The summed E-state index contributed by atoms with van der Waals surface area (Å²) in [5.74, 6) is -3.95. The normalized spacial score (nSPS) is 26.5. The zero-order chi connectivity index (χ0) is 102. The highest BCUT2D eigenvalue weighted by molar-refractivity contribution is 6.05. The number of aromatic nitrogens is 8. The van der Waals surface area contributed by atoms with Crippen molar-refractivity contribution in [2.75, 3.05) is 73.6 Å². The van der Waals surface area contributed by atoms with Crippen LogP contribution >= 0.6 is 0 Å². The lowest BCUT2D eigenvalue weighted by Crippen LogP contribution is -2.73. The number of carbonyl (C=O) groups excluding carboxylic acids is 8. The van der Waals surface area contributed by atoms with Gasteiger partial charge in [-0.3, -0.25) is 76.7 Å². The van der Waals surface area contributed by atoms with Crippen LogP contribution in [0.25, 0.3) is 0 Å². The van der Waals surface area contributed by atoms with Crippen LogP contribution in [0.3, 0.4) is 0 Å². The van der Waals surface area contributed by atoms with Gasteiger partial charge >= 0.3 is 24.7 Å². The van der Waals surface area contributed by atoms with Gasteiger partial charge in [-0.2, -0.15) is 94.1 Å². The van der Waals surface area contributed by atoms with Crippen LogP contribution in [0.4, 0.5) is 76.0 Å². The standard InChI is InChI=1S/C27H31F3N6O3.2C23H31F3N6O3.C20H25F3N6O3/c28-27(29,30)26(39-15-18-4-2-1-3-5-18)16-35(17-26)20-8-10-25(11-9-20,12-13-31)36-14-21(22(32)37)23(34-36)33-24(38)19-6-7-19;2*1-14(2)35-22(23(24,25)26)12-31(13-22)16-5-7-21(8-6-16,9-10-27)32-11-17(18(28)33)19(30-32)29-20(34)15-3-4-15;21-20(22,23)19(32)10-28(11-19)13-3-5-18(6-4-13,7-8-24)29-9-14(15(25)30)16(27-29)26-17(31)12-1-2-12/h1-5,14,19-20H,6-12,15-17H2,(H2,32,37)(H,33,34,38);2*11,14-16H,3-9,12-13H2,1-2H3,(H2,28,33)(H,29,30,34);9,12-13,32H,1-7,10-11H2,(H2,25,30)(H,26,27,31). The lowest BCUT2D eigenvalue weighted by atomic mass is 9.75. The van der Waals surface area contributed by atoms with Crippen LogP contribution < -0.4 is 44.2 Å². The zero-order valence-corrected chi connectivity index (χ0v) is 78.6. The molecule has 12 aliphatic rings. The maximum Gasteiger partial charge on any atom is 0.419 e. The number of carbonyl (C=O) groups is 8. The Morgan fingerprint density at radius 3 is 0.801 bits per heavy atom. The number of alkyl halides is 12. The average Bonchev–Trinajstić information content (AvgIpc) is 1.74. The van der Waals surface area contributed by atoms with Crippen molar-refractivity contribution in [3.8, 4) is 24.3 Å². The van der Waals surface area contributed by atoms with Gasteiger partial charge in [0.2, 0.25) is 23.6 Å². The molecule has 4 aromatic heterocycles. The Balaban J connectivity index is 0.000000150. The number of primary amides is 4. The third kappa shape index (κ3) is 22.8. The van der Waals surface area contributed by atoms with Crippen molar-refractivity contribution < 1.29 is 110 Å². The van der Waals surface area contributed by atoms with Crippen molar-refractivity contribution in [2.24, 2.45) is 46.6 Å². The van der Waals surface area contributed by atoms with E-state index in [-0.39, 0.29) is 189 Å². The number of nitrogens with two attached hydrogens (primary N) is 4. The summed E-state index contributed by atoms with van der Waals surface area (Å²) in [6, 6.07) is 17.1. The molecule has 8 amide bonds. The van der Waals surface area contributed by atoms with Crippen LogP contribution in [0, 0.1) is 69.0 Å². The third-order valence-corrected chi connectivity index (χ3v) is 29.9. The lowest BCUT2D eigenvalue weighted by molar-refractivity contribution is -0.332. The van der Waals surface area contributed by atoms with Gasteiger partial charge in [-0.1, -0.05) is 30.3 Å². The quantitative estimate of drug-likeness (QED) is 0.0186. The fraction of sp³-hybridized carbons (Fsp3) is 0.677. The Kier molecular flexibility index (Phi) is 30.5.